The summed E-state index contributed by atoms with van der Waals surface area (Å²) in [6, 6.07) is 9.47. The first-order chi connectivity index (χ1) is 9.17. The molecule has 5 nitrogen and oxygen atoms in total. The summed E-state index contributed by atoms with van der Waals surface area (Å²) in [7, 11) is 0. The Labute approximate surface area is 108 Å². The average molecular weight is 251 g/mol. The minimum atomic E-state index is -0.531. The molecule has 0 spiro atoms. The minimum Gasteiger partial charge on any atom is -0.350 e. The zero-order chi connectivity index (χ0) is 14.1. The number of hydrogen-bond donors (Lipinski definition) is 1. The summed E-state index contributed by atoms with van der Waals surface area (Å²) < 4.78 is 7.00. The molecule has 0 fully saturated rings. The van der Waals surface area contributed by atoms with Crippen LogP contribution < -0.4 is 5.32 Å². The number of rotatable bonds is 6. The summed E-state index contributed by atoms with van der Waals surface area (Å²) in [5.74, 6) is -0.851. The molecule has 0 unspecified atom stereocenters. The molecule has 0 bridgehead atoms. The first-order valence-electron chi connectivity index (χ1n) is 6.41. The van der Waals surface area contributed by atoms with E-state index in [2.05, 4.69) is 5.32 Å². The van der Waals surface area contributed by atoms with E-state index in [0.29, 0.717) is 6.54 Å². The molecule has 0 radical (unpaired) electrons. The van der Waals surface area contributed by atoms with E-state index in [4.69, 9.17) is 6.21 Å². The van der Waals surface area contributed by atoms with Crippen molar-refractivity contribution in [1.82, 2.24) is 10.4 Å². The maximum absolute atomic E-state index is 11.7. The number of nitrogens with zero attached hydrogens (tertiary/aromatic N) is 1. The smallest absolute Gasteiger partial charge is 0.243 e. The molecular weight excluding hydrogens is 232 g/mol. The Morgan fingerprint density at radius 1 is 1.39 bits per heavy atom. The molecule has 0 heterocycles. The van der Waals surface area contributed by atoms with Gasteiger partial charge >= 0.3 is 0 Å². The standard InChI is InChI=1S/C13H18N2O3/c1-3-18-15(11(2)16)10-13(17)14-9-12-7-5-4-6-8-12/h4-8H,3,9-10H2,1-2H3,(H,14,17)/i2D. The van der Waals surface area contributed by atoms with E-state index < -0.39 is 12.8 Å². The Morgan fingerprint density at radius 3 is 2.72 bits per heavy atom. The maximum atomic E-state index is 11.7. The lowest BCUT2D eigenvalue weighted by molar-refractivity contribution is -0.184. The molecule has 1 rings (SSSR count). The highest BCUT2D eigenvalue weighted by Gasteiger charge is 2.13. The van der Waals surface area contributed by atoms with Gasteiger partial charge in [-0.25, -0.2) is 5.06 Å². The number of hydroxylamine groups is 2. The number of carbonyl (C=O) groups excluding carboxylic acids is 2. The molecule has 2 amide bonds. The summed E-state index contributed by atoms with van der Waals surface area (Å²) in [6.45, 7) is 1.75. The van der Waals surface area contributed by atoms with Crippen molar-refractivity contribution in [2.45, 2.75) is 20.4 Å². The summed E-state index contributed by atoms with van der Waals surface area (Å²) in [4.78, 5) is 28.0. The molecule has 0 aliphatic carbocycles. The van der Waals surface area contributed by atoms with Crippen LogP contribution >= 0.6 is 0 Å². The van der Waals surface area contributed by atoms with Crippen LogP contribution in [0, 0.1) is 0 Å². The second-order valence-electron chi connectivity index (χ2n) is 3.61. The van der Waals surface area contributed by atoms with Gasteiger partial charge in [-0.1, -0.05) is 30.3 Å². The summed E-state index contributed by atoms with van der Waals surface area (Å²) in [6.07, 6.45) is 0. The molecule has 5 heteroatoms. The van der Waals surface area contributed by atoms with Gasteiger partial charge in [0.15, 0.2) is 0 Å². The molecule has 0 saturated heterocycles. The number of carbonyl (C=O) groups is 2. The molecule has 0 saturated carbocycles. The van der Waals surface area contributed by atoms with Gasteiger partial charge < -0.3 is 5.32 Å². The van der Waals surface area contributed by atoms with Crippen LogP contribution in [0.1, 0.15) is 20.8 Å². The van der Waals surface area contributed by atoms with Crippen LogP contribution in [0.25, 0.3) is 0 Å². The third kappa shape index (κ3) is 4.97. The monoisotopic (exact) mass is 251 g/mol. The number of nitrogens with one attached hydrogen (secondary N) is 1. The average Bonchev–Trinajstić information content (AvgIpc) is 2.45. The van der Waals surface area contributed by atoms with E-state index >= 15 is 0 Å². The third-order valence-corrected chi connectivity index (χ3v) is 2.18. The van der Waals surface area contributed by atoms with E-state index in [1.807, 2.05) is 30.3 Å². The molecular formula is C13H18N2O3. The fourth-order valence-corrected chi connectivity index (χ4v) is 1.34. The first-order valence-corrected chi connectivity index (χ1v) is 5.70. The van der Waals surface area contributed by atoms with Crippen LogP contribution in [-0.4, -0.2) is 30.0 Å². The van der Waals surface area contributed by atoms with E-state index in [9.17, 15) is 9.59 Å². The fourth-order valence-electron chi connectivity index (χ4n) is 1.34. The predicted octanol–water partition coefficient (Wildman–Crippen LogP) is 1.10. The second kappa shape index (κ2) is 7.45. The van der Waals surface area contributed by atoms with Crippen molar-refractivity contribution in [3.63, 3.8) is 0 Å². The third-order valence-electron chi connectivity index (χ3n) is 2.18. The molecule has 1 N–H and O–H groups in total. The summed E-state index contributed by atoms with van der Waals surface area (Å²) >= 11 is 0. The maximum Gasteiger partial charge on any atom is 0.243 e. The van der Waals surface area contributed by atoms with E-state index in [1.54, 1.807) is 6.92 Å². The molecule has 1 aromatic rings. The fraction of sp³-hybridized carbons (Fsp3) is 0.385. The van der Waals surface area contributed by atoms with E-state index in [0.717, 1.165) is 10.6 Å². The molecule has 0 atom stereocenters. The normalized spacial score (nSPS) is 10.6. The van der Waals surface area contributed by atoms with Gasteiger partial charge in [0.05, 0.1) is 6.61 Å². The number of amides is 2. The van der Waals surface area contributed by atoms with Crippen LogP contribution in [0.15, 0.2) is 30.3 Å². The quantitative estimate of drug-likeness (QED) is 0.770. The van der Waals surface area contributed by atoms with Crippen molar-refractivity contribution < 1.29 is 15.8 Å². The Balaban J connectivity index is 2.42. The van der Waals surface area contributed by atoms with E-state index in [-0.39, 0.29) is 19.1 Å². The molecule has 0 aliphatic heterocycles. The predicted molar refractivity (Wildman–Crippen MR) is 67.3 cm³/mol. The Morgan fingerprint density at radius 2 is 2.11 bits per heavy atom. The van der Waals surface area contributed by atoms with Gasteiger partial charge in [0, 0.05) is 14.8 Å². The first kappa shape index (κ1) is 12.6. The summed E-state index contributed by atoms with van der Waals surface area (Å²) in [5, 5.41) is 3.62. The molecule has 18 heavy (non-hydrogen) atoms. The second-order valence-corrected chi connectivity index (χ2v) is 3.61. The van der Waals surface area contributed by atoms with Gasteiger partial charge in [0.25, 0.3) is 0 Å². The SMILES string of the molecule is [2H]CC(=O)N(CC(=O)NCc1ccccc1)OCC. The highest BCUT2D eigenvalue weighted by atomic mass is 16.7. The lowest BCUT2D eigenvalue weighted by Crippen LogP contribution is -2.39. The highest BCUT2D eigenvalue weighted by molar-refractivity contribution is 5.83. The zero-order valence-corrected chi connectivity index (χ0v) is 10.4. The van der Waals surface area contributed by atoms with Crippen molar-refractivity contribution in [2.24, 2.45) is 0 Å². The largest absolute Gasteiger partial charge is 0.350 e. The topological polar surface area (TPSA) is 58.6 Å². The number of benzene rings is 1. The molecule has 0 aromatic heterocycles. The summed E-state index contributed by atoms with van der Waals surface area (Å²) in [5.41, 5.74) is 0.977. The van der Waals surface area contributed by atoms with E-state index in [1.165, 1.54) is 0 Å². The van der Waals surface area contributed by atoms with Crippen molar-refractivity contribution in [3.8, 4) is 0 Å². The lowest BCUT2D eigenvalue weighted by atomic mass is 10.2. The highest BCUT2D eigenvalue weighted by Crippen LogP contribution is 1.97. The van der Waals surface area contributed by atoms with Gasteiger partial charge in [-0.05, 0) is 12.5 Å². The Bertz CT molecular complexity index is 412. The molecule has 1 aromatic carbocycles. The van der Waals surface area contributed by atoms with Gasteiger partial charge in [-0.15, -0.1) is 0 Å². The van der Waals surface area contributed by atoms with Crippen molar-refractivity contribution in [3.05, 3.63) is 35.9 Å². The molecule has 98 valence electrons. The van der Waals surface area contributed by atoms with Crippen LogP contribution in [0.4, 0.5) is 0 Å². The van der Waals surface area contributed by atoms with Crippen molar-refractivity contribution >= 4 is 11.8 Å². The lowest BCUT2D eigenvalue weighted by Gasteiger charge is -2.18. The van der Waals surface area contributed by atoms with Gasteiger partial charge in [-0.3, -0.25) is 14.4 Å². The van der Waals surface area contributed by atoms with Gasteiger partial charge in [-0.2, -0.15) is 0 Å². The number of hydrogen-bond acceptors (Lipinski definition) is 3. The van der Waals surface area contributed by atoms with Gasteiger partial charge in [0.1, 0.15) is 6.54 Å². The zero-order valence-electron chi connectivity index (χ0n) is 11.4. The van der Waals surface area contributed by atoms with Crippen LogP contribution in [0.3, 0.4) is 0 Å². The van der Waals surface area contributed by atoms with Crippen molar-refractivity contribution in [1.29, 1.82) is 0 Å². The van der Waals surface area contributed by atoms with Gasteiger partial charge in [0.2, 0.25) is 11.8 Å². The Kier molecular flexibility index (Phi) is 5.20. The van der Waals surface area contributed by atoms with Crippen LogP contribution in [0.5, 0.6) is 0 Å². The molecule has 0 aliphatic rings. The van der Waals surface area contributed by atoms with Crippen molar-refractivity contribution in [2.75, 3.05) is 13.2 Å². The Hall–Kier alpha value is -1.88. The van der Waals surface area contributed by atoms with Crippen LogP contribution in [0.2, 0.25) is 0 Å². The minimum absolute atomic E-state index is 0.196. The van der Waals surface area contributed by atoms with Crippen LogP contribution in [-0.2, 0) is 21.0 Å².